The van der Waals surface area contributed by atoms with Crippen molar-refractivity contribution < 1.29 is 4.79 Å². The number of carbonyl (C=O) groups excluding carboxylic acids is 1. The Morgan fingerprint density at radius 3 is 2.91 bits per heavy atom. The normalized spacial score (nSPS) is 10.9. The zero-order valence-corrected chi connectivity index (χ0v) is 13.8. The molecule has 0 aliphatic rings. The maximum Gasteiger partial charge on any atom is 0.252 e. The van der Waals surface area contributed by atoms with Gasteiger partial charge < -0.3 is 9.88 Å². The number of aromatic nitrogens is 3. The first-order valence-electron chi connectivity index (χ1n) is 7.38. The summed E-state index contributed by atoms with van der Waals surface area (Å²) in [6.07, 6.45) is 3.64. The lowest BCUT2D eigenvalue weighted by atomic mass is 10.1. The molecule has 3 aromatic rings. The van der Waals surface area contributed by atoms with Gasteiger partial charge in [-0.05, 0) is 26.0 Å². The number of nitrogens with one attached hydrogen (secondary N) is 1. The van der Waals surface area contributed by atoms with Gasteiger partial charge in [0.1, 0.15) is 5.82 Å². The van der Waals surface area contributed by atoms with Crippen molar-refractivity contribution >= 4 is 28.4 Å². The summed E-state index contributed by atoms with van der Waals surface area (Å²) in [5.41, 5.74) is 2.02. The number of fused-ring (bicyclic) bond motifs is 1. The van der Waals surface area contributed by atoms with E-state index in [9.17, 15) is 4.79 Å². The maximum absolute atomic E-state index is 12.5. The van der Waals surface area contributed by atoms with Crippen LogP contribution in [-0.2, 0) is 6.54 Å². The van der Waals surface area contributed by atoms with E-state index in [1.165, 1.54) is 0 Å². The van der Waals surface area contributed by atoms with Crippen LogP contribution in [0.1, 0.15) is 21.9 Å². The molecule has 0 aliphatic heterocycles. The summed E-state index contributed by atoms with van der Waals surface area (Å²) in [5.74, 6) is 0.803. The Balaban J connectivity index is 1.81. The second-order valence-electron chi connectivity index (χ2n) is 5.37. The number of para-hydroxylation sites is 1. The van der Waals surface area contributed by atoms with Crippen LogP contribution in [0.2, 0.25) is 5.02 Å². The molecule has 0 aliphatic carbocycles. The fourth-order valence-electron chi connectivity index (χ4n) is 2.55. The highest BCUT2D eigenvalue weighted by Gasteiger charge is 2.13. The number of benzene rings is 1. The Hall–Kier alpha value is -2.40. The van der Waals surface area contributed by atoms with Crippen molar-refractivity contribution in [1.82, 2.24) is 19.9 Å². The number of aryl methyl sites for hydroxylation is 2. The van der Waals surface area contributed by atoms with E-state index in [0.717, 1.165) is 16.9 Å². The predicted octanol–water partition coefficient (Wildman–Crippen LogP) is 3.13. The largest absolute Gasteiger partial charge is 0.350 e. The van der Waals surface area contributed by atoms with E-state index in [1.807, 2.05) is 36.7 Å². The monoisotopic (exact) mass is 328 g/mol. The molecule has 5 nitrogen and oxygen atoms in total. The molecular formula is C17H17ClN4O. The van der Waals surface area contributed by atoms with Gasteiger partial charge in [0.05, 0.1) is 16.1 Å². The fourth-order valence-corrected chi connectivity index (χ4v) is 2.77. The molecule has 1 N–H and O–H groups in total. The fraction of sp³-hybridized carbons (Fsp3) is 0.235. The summed E-state index contributed by atoms with van der Waals surface area (Å²) >= 11 is 6.19. The van der Waals surface area contributed by atoms with Gasteiger partial charge in [0.25, 0.3) is 5.91 Å². The average molecular weight is 329 g/mol. The van der Waals surface area contributed by atoms with Crippen LogP contribution in [0.4, 0.5) is 0 Å². The number of pyridine rings is 1. The van der Waals surface area contributed by atoms with E-state index in [1.54, 1.807) is 18.3 Å². The molecule has 0 bridgehead atoms. The molecule has 6 heteroatoms. The second-order valence-corrected chi connectivity index (χ2v) is 5.78. The molecular weight excluding hydrogens is 312 g/mol. The van der Waals surface area contributed by atoms with Gasteiger partial charge in [-0.2, -0.15) is 0 Å². The molecule has 0 atom stereocenters. The molecule has 0 saturated heterocycles. The van der Waals surface area contributed by atoms with Crippen molar-refractivity contribution in [3.63, 3.8) is 0 Å². The summed E-state index contributed by atoms with van der Waals surface area (Å²) < 4.78 is 1.99. The van der Waals surface area contributed by atoms with Gasteiger partial charge in [0, 0.05) is 36.6 Å². The summed E-state index contributed by atoms with van der Waals surface area (Å²) in [6, 6.07) is 7.26. The number of carbonyl (C=O) groups is 1. The number of nitrogens with zero attached hydrogens (tertiary/aromatic N) is 3. The van der Waals surface area contributed by atoms with Gasteiger partial charge in [-0.15, -0.1) is 0 Å². The van der Waals surface area contributed by atoms with E-state index in [4.69, 9.17) is 11.6 Å². The van der Waals surface area contributed by atoms with E-state index in [2.05, 4.69) is 15.3 Å². The SMILES string of the molecule is Cc1cc(C(=O)NCCn2ccnc2C)c2cccc(Cl)c2n1. The van der Waals surface area contributed by atoms with Gasteiger partial charge in [-0.25, -0.2) is 4.98 Å². The van der Waals surface area contributed by atoms with Gasteiger partial charge in [-0.1, -0.05) is 23.7 Å². The zero-order valence-electron chi connectivity index (χ0n) is 13.0. The van der Waals surface area contributed by atoms with Crippen LogP contribution in [0.25, 0.3) is 10.9 Å². The predicted molar refractivity (Wildman–Crippen MR) is 90.8 cm³/mol. The van der Waals surface area contributed by atoms with Gasteiger partial charge in [-0.3, -0.25) is 9.78 Å². The first-order valence-corrected chi connectivity index (χ1v) is 7.76. The molecule has 1 amide bonds. The molecule has 2 heterocycles. The van der Waals surface area contributed by atoms with Crippen molar-refractivity contribution in [3.8, 4) is 0 Å². The van der Waals surface area contributed by atoms with E-state index < -0.39 is 0 Å². The van der Waals surface area contributed by atoms with Crippen LogP contribution in [0.3, 0.4) is 0 Å². The first kappa shape index (κ1) is 15.5. The van der Waals surface area contributed by atoms with E-state index in [0.29, 0.717) is 29.2 Å². The third kappa shape index (κ3) is 3.19. The van der Waals surface area contributed by atoms with Crippen LogP contribution in [0, 0.1) is 13.8 Å². The Morgan fingerprint density at radius 2 is 2.17 bits per heavy atom. The highest BCUT2D eigenvalue weighted by atomic mass is 35.5. The average Bonchev–Trinajstić information content (AvgIpc) is 2.93. The summed E-state index contributed by atoms with van der Waals surface area (Å²) in [4.78, 5) is 21.1. The van der Waals surface area contributed by atoms with Crippen molar-refractivity contribution in [2.45, 2.75) is 20.4 Å². The molecule has 3 rings (SSSR count). The Labute approximate surface area is 139 Å². The highest BCUT2D eigenvalue weighted by molar-refractivity contribution is 6.35. The molecule has 118 valence electrons. The Kier molecular flexibility index (Phi) is 4.30. The van der Waals surface area contributed by atoms with E-state index >= 15 is 0 Å². The third-order valence-electron chi connectivity index (χ3n) is 3.72. The Bertz CT molecular complexity index is 872. The number of halogens is 1. The standard InChI is InChI=1S/C17H17ClN4O/c1-11-10-14(13-4-3-5-15(18)16(13)21-11)17(23)20-7-9-22-8-6-19-12(22)2/h3-6,8,10H,7,9H2,1-2H3,(H,20,23). The number of hydrogen-bond acceptors (Lipinski definition) is 3. The molecule has 1 aromatic carbocycles. The van der Waals surface area contributed by atoms with Crippen molar-refractivity contribution in [3.05, 3.63) is 58.8 Å². The quantitative estimate of drug-likeness (QED) is 0.800. The van der Waals surface area contributed by atoms with Crippen molar-refractivity contribution in [2.24, 2.45) is 0 Å². The molecule has 0 spiro atoms. The Morgan fingerprint density at radius 1 is 1.35 bits per heavy atom. The smallest absolute Gasteiger partial charge is 0.252 e. The van der Waals surface area contributed by atoms with Crippen LogP contribution < -0.4 is 5.32 Å². The molecule has 0 fully saturated rings. The molecule has 0 saturated carbocycles. The summed E-state index contributed by atoms with van der Waals surface area (Å²) in [7, 11) is 0. The van der Waals surface area contributed by atoms with Crippen molar-refractivity contribution in [2.75, 3.05) is 6.54 Å². The van der Waals surface area contributed by atoms with Gasteiger partial charge >= 0.3 is 0 Å². The number of amides is 1. The lowest BCUT2D eigenvalue weighted by Gasteiger charge is -2.10. The number of imidazole rings is 1. The molecule has 0 radical (unpaired) electrons. The molecule has 0 unspecified atom stereocenters. The van der Waals surface area contributed by atoms with E-state index in [-0.39, 0.29) is 5.91 Å². The summed E-state index contributed by atoms with van der Waals surface area (Å²) in [5, 5.41) is 4.26. The minimum Gasteiger partial charge on any atom is -0.350 e. The number of hydrogen-bond donors (Lipinski definition) is 1. The minimum absolute atomic E-state index is 0.125. The van der Waals surface area contributed by atoms with Gasteiger partial charge in [0.15, 0.2) is 0 Å². The first-order chi connectivity index (χ1) is 11.1. The summed E-state index contributed by atoms with van der Waals surface area (Å²) in [6.45, 7) is 5.00. The maximum atomic E-state index is 12.5. The van der Waals surface area contributed by atoms with Crippen LogP contribution >= 0.6 is 11.6 Å². The van der Waals surface area contributed by atoms with Crippen LogP contribution in [-0.4, -0.2) is 27.0 Å². The van der Waals surface area contributed by atoms with Crippen LogP contribution in [0.15, 0.2) is 36.7 Å². The molecule has 2 aromatic heterocycles. The molecule has 23 heavy (non-hydrogen) atoms. The lowest BCUT2D eigenvalue weighted by Crippen LogP contribution is -2.27. The highest BCUT2D eigenvalue weighted by Crippen LogP contribution is 2.25. The number of rotatable bonds is 4. The van der Waals surface area contributed by atoms with Crippen LogP contribution in [0.5, 0.6) is 0 Å². The minimum atomic E-state index is -0.125. The van der Waals surface area contributed by atoms with Gasteiger partial charge in [0.2, 0.25) is 0 Å². The van der Waals surface area contributed by atoms with Crippen molar-refractivity contribution in [1.29, 1.82) is 0 Å². The zero-order chi connectivity index (χ0) is 16.4. The third-order valence-corrected chi connectivity index (χ3v) is 4.03. The topological polar surface area (TPSA) is 59.8 Å². The lowest BCUT2D eigenvalue weighted by molar-refractivity contribution is 0.0953. The second kappa shape index (κ2) is 6.38.